The van der Waals surface area contributed by atoms with Crippen LogP contribution in [0.25, 0.3) is 0 Å². The van der Waals surface area contributed by atoms with Crippen molar-refractivity contribution in [3.05, 3.63) is 63.9 Å². The smallest absolute Gasteiger partial charge is 0.238 e. The number of amides is 2. The van der Waals surface area contributed by atoms with Crippen molar-refractivity contribution in [1.82, 2.24) is 9.80 Å². The number of para-hydroxylation sites is 1. The van der Waals surface area contributed by atoms with E-state index in [-0.39, 0.29) is 35.4 Å². The van der Waals surface area contributed by atoms with Gasteiger partial charge in [0, 0.05) is 36.8 Å². The first kappa shape index (κ1) is 20.6. The maximum Gasteiger partial charge on any atom is 0.238 e. The number of piperazine rings is 1. The largest absolute Gasteiger partial charge is 0.340 e. The second-order valence-corrected chi connectivity index (χ2v) is 7.38. The minimum absolute atomic E-state index is 0.0709. The van der Waals surface area contributed by atoms with E-state index in [1.807, 2.05) is 4.90 Å². The van der Waals surface area contributed by atoms with Crippen LogP contribution in [0, 0.1) is 5.82 Å². The Balaban J connectivity index is 1.48. The van der Waals surface area contributed by atoms with Crippen molar-refractivity contribution >= 4 is 40.7 Å². The first-order valence-corrected chi connectivity index (χ1v) is 9.67. The highest BCUT2D eigenvalue weighted by Gasteiger charge is 2.24. The van der Waals surface area contributed by atoms with E-state index in [0.29, 0.717) is 36.9 Å². The molecule has 1 fully saturated rings. The number of anilines is 1. The van der Waals surface area contributed by atoms with Gasteiger partial charge in [-0.05, 0) is 24.3 Å². The van der Waals surface area contributed by atoms with Gasteiger partial charge in [-0.2, -0.15) is 0 Å². The second-order valence-electron chi connectivity index (χ2n) is 6.56. The molecule has 0 saturated carbocycles. The molecule has 0 aromatic heterocycles. The molecule has 2 amide bonds. The molecule has 0 unspecified atom stereocenters. The number of hydrogen-bond acceptors (Lipinski definition) is 3. The highest BCUT2D eigenvalue weighted by Crippen LogP contribution is 2.21. The summed E-state index contributed by atoms with van der Waals surface area (Å²) in [7, 11) is 0. The van der Waals surface area contributed by atoms with E-state index in [9.17, 15) is 14.0 Å². The lowest BCUT2D eigenvalue weighted by atomic mass is 10.1. The summed E-state index contributed by atoms with van der Waals surface area (Å²) in [6, 6.07) is 11.4. The molecule has 28 heavy (non-hydrogen) atoms. The van der Waals surface area contributed by atoms with E-state index in [4.69, 9.17) is 23.2 Å². The van der Waals surface area contributed by atoms with Gasteiger partial charge in [-0.25, -0.2) is 4.39 Å². The number of carbonyl (C=O) groups is 2. The molecule has 3 rings (SSSR count). The summed E-state index contributed by atoms with van der Waals surface area (Å²) in [6.07, 6.45) is -0.0709. The standard InChI is InChI=1S/C20H20Cl2FN3O2/c21-15-5-3-6-17(23)14(15)12-20(28)26-10-8-25(9-11-26)13-19(27)24-18-7-2-1-4-16(18)22/h1-7H,8-13H2,(H,24,27). The van der Waals surface area contributed by atoms with Gasteiger partial charge in [0.05, 0.1) is 23.7 Å². The van der Waals surface area contributed by atoms with Crippen molar-refractivity contribution < 1.29 is 14.0 Å². The molecule has 148 valence electrons. The zero-order valence-corrected chi connectivity index (χ0v) is 16.6. The van der Waals surface area contributed by atoms with Crippen LogP contribution in [0.1, 0.15) is 5.56 Å². The summed E-state index contributed by atoms with van der Waals surface area (Å²) in [4.78, 5) is 28.3. The zero-order chi connectivity index (χ0) is 20.1. The monoisotopic (exact) mass is 423 g/mol. The van der Waals surface area contributed by atoms with Gasteiger partial charge >= 0.3 is 0 Å². The first-order valence-electron chi connectivity index (χ1n) is 8.91. The van der Waals surface area contributed by atoms with Crippen molar-refractivity contribution in [2.75, 3.05) is 38.0 Å². The summed E-state index contributed by atoms with van der Waals surface area (Å²) in [5, 5.41) is 3.52. The van der Waals surface area contributed by atoms with Gasteiger partial charge in [0.25, 0.3) is 0 Å². The SMILES string of the molecule is O=C(CN1CCN(C(=O)Cc2c(F)cccc2Cl)CC1)Nc1ccccc1Cl. The van der Waals surface area contributed by atoms with Crippen LogP contribution in [0.2, 0.25) is 10.0 Å². The fourth-order valence-electron chi connectivity index (χ4n) is 3.08. The van der Waals surface area contributed by atoms with E-state index in [1.165, 1.54) is 12.1 Å². The van der Waals surface area contributed by atoms with Gasteiger partial charge in [0.2, 0.25) is 11.8 Å². The van der Waals surface area contributed by atoms with Crippen LogP contribution in [-0.2, 0) is 16.0 Å². The minimum atomic E-state index is -0.476. The molecule has 1 heterocycles. The quantitative estimate of drug-likeness (QED) is 0.800. The molecule has 8 heteroatoms. The molecule has 0 radical (unpaired) electrons. The average molecular weight is 424 g/mol. The molecule has 0 bridgehead atoms. The Morgan fingerprint density at radius 2 is 1.64 bits per heavy atom. The molecule has 1 N–H and O–H groups in total. The number of nitrogens with one attached hydrogen (secondary N) is 1. The number of rotatable bonds is 5. The number of benzene rings is 2. The lowest BCUT2D eigenvalue weighted by molar-refractivity contribution is -0.132. The summed E-state index contributed by atoms with van der Waals surface area (Å²) in [6.45, 7) is 2.29. The molecular formula is C20H20Cl2FN3O2. The van der Waals surface area contributed by atoms with Gasteiger partial charge in [-0.1, -0.05) is 41.4 Å². The molecule has 0 spiro atoms. The van der Waals surface area contributed by atoms with Crippen LogP contribution in [0.4, 0.5) is 10.1 Å². The van der Waals surface area contributed by atoms with Gasteiger partial charge < -0.3 is 10.2 Å². The molecule has 2 aromatic rings. The van der Waals surface area contributed by atoms with Crippen LogP contribution < -0.4 is 5.32 Å². The van der Waals surface area contributed by atoms with E-state index in [2.05, 4.69) is 5.32 Å². The summed E-state index contributed by atoms with van der Waals surface area (Å²) >= 11 is 12.0. The van der Waals surface area contributed by atoms with E-state index in [0.717, 1.165) is 0 Å². The molecule has 1 aliphatic heterocycles. The number of nitrogens with zero attached hydrogens (tertiary/aromatic N) is 2. The maximum absolute atomic E-state index is 13.9. The molecule has 5 nitrogen and oxygen atoms in total. The molecule has 0 atom stereocenters. The third-order valence-electron chi connectivity index (χ3n) is 4.63. The van der Waals surface area contributed by atoms with E-state index < -0.39 is 5.82 Å². The Morgan fingerprint density at radius 3 is 2.32 bits per heavy atom. The predicted molar refractivity (Wildman–Crippen MR) is 108 cm³/mol. The highest BCUT2D eigenvalue weighted by molar-refractivity contribution is 6.33. The lowest BCUT2D eigenvalue weighted by Gasteiger charge is -2.34. The Hall–Kier alpha value is -2.15. The molecule has 1 aliphatic rings. The lowest BCUT2D eigenvalue weighted by Crippen LogP contribution is -2.50. The molecule has 1 saturated heterocycles. The average Bonchev–Trinajstić information content (AvgIpc) is 2.67. The molecule has 0 aliphatic carbocycles. The van der Waals surface area contributed by atoms with Crippen LogP contribution in [-0.4, -0.2) is 54.3 Å². The highest BCUT2D eigenvalue weighted by atomic mass is 35.5. The Kier molecular flexibility index (Phi) is 6.88. The fraction of sp³-hybridized carbons (Fsp3) is 0.300. The second kappa shape index (κ2) is 9.37. The van der Waals surface area contributed by atoms with Crippen LogP contribution in [0.15, 0.2) is 42.5 Å². The molecular weight excluding hydrogens is 404 g/mol. The van der Waals surface area contributed by atoms with Gasteiger partial charge in [-0.3, -0.25) is 14.5 Å². The topological polar surface area (TPSA) is 52.7 Å². The van der Waals surface area contributed by atoms with Crippen molar-refractivity contribution in [3.63, 3.8) is 0 Å². The number of carbonyl (C=O) groups excluding carboxylic acids is 2. The van der Waals surface area contributed by atoms with Crippen LogP contribution in [0.3, 0.4) is 0 Å². The van der Waals surface area contributed by atoms with Gasteiger partial charge in [-0.15, -0.1) is 0 Å². The third-order valence-corrected chi connectivity index (χ3v) is 5.31. The Morgan fingerprint density at radius 1 is 0.964 bits per heavy atom. The molecule has 2 aromatic carbocycles. The maximum atomic E-state index is 13.9. The number of hydrogen-bond donors (Lipinski definition) is 1. The van der Waals surface area contributed by atoms with Crippen LogP contribution in [0.5, 0.6) is 0 Å². The van der Waals surface area contributed by atoms with Crippen molar-refractivity contribution in [3.8, 4) is 0 Å². The van der Waals surface area contributed by atoms with E-state index >= 15 is 0 Å². The zero-order valence-electron chi connectivity index (χ0n) is 15.1. The van der Waals surface area contributed by atoms with E-state index in [1.54, 1.807) is 35.2 Å². The summed E-state index contributed by atoms with van der Waals surface area (Å²) in [5.41, 5.74) is 0.792. The summed E-state index contributed by atoms with van der Waals surface area (Å²) < 4.78 is 13.9. The van der Waals surface area contributed by atoms with Crippen molar-refractivity contribution in [2.24, 2.45) is 0 Å². The fourth-order valence-corrected chi connectivity index (χ4v) is 3.49. The first-order chi connectivity index (χ1) is 13.4. The van der Waals surface area contributed by atoms with Crippen molar-refractivity contribution in [1.29, 1.82) is 0 Å². The predicted octanol–water partition coefficient (Wildman–Crippen LogP) is 3.46. The van der Waals surface area contributed by atoms with Gasteiger partial charge in [0.1, 0.15) is 5.82 Å². The normalized spacial score (nSPS) is 14.8. The summed E-state index contributed by atoms with van der Waals surface area (Å²) in [5.74, 6) is -0.811. The minimum Gasteiger partial charge on any atom is -0.340 e. The third kappa shape index (κ3) is 5.22. The Labute approximate surface area is 173 Å². The number of halogens is 3. The van der Waals surface area contributed by atoms with Crippen molar-refractivity contribution in [2.45, 2.75) is 6.42 Å². The van der Waals surface area contributed by atoms with Gasteiger partial charge in [0.15, 0.2) is 0 Å². The Bertz CT molecular complexity index is 850. The van der Waals surface area contributed by atoms with Crippen LogP contribution >= 0.6 is 23.2 Å².